The number of hydrogen-bond donors (Lipinski definition) is 1. The molecule has 0 aliphatic carbocycles. The lowest BCUT2D eigenvalue weighted by molar-refractivity contribution is -0.119. The van der Waals surface area contributed by atoms with Crippen LogP contribution < -0.4 is 5.32 Å². The summed E-state index contributed by atoms with van der Waals surface area (Å²) in [5.74, 6) is 1.04. The first-order valence-corrected chi connectivity index (χ1v) is 9.38. The summed E-state index contributed by atoms with van der Waals surface area (Å²) >= 11 is 1.37. The van der Waals surface area contributed by atoms with Gasteiger partial charge in [-0.25, -0.2) is 0 Å². The topological polar surface area (TPSA) is 72.7 Å². The summed E-state index contributed by atoms with van der Waals surface area (Å²) in [6.45, 7) is 8.27. The number of nitrogens with zero attached hydrogens (tertiary/aromatic N) is 4. The number of carbonyl (C=O) groups is 1. The molecule has 2 heterocycles. The molecule has 2 aromatic heterocycles. The van der Waals surface area contributed by atoms with Gasteiger partial charge < -0.3 is 5.32 Å². The first-order valence-electron chi connectivity index (χ1n) is 8.40. The predicted molar refractivity (Wildman–Crippen MR) is 105 cm³/mol. The molecule has 0 saturated heterocycles. The van der Waals surface area contributed by atoms with E-state index in [4.69, 9.17) is 0 Å². The molecule has 0 bridgehead atoms. The van der Waals surface area contributed by atoms with Gasteiger partial charge in [-0.15, -0.1) is 16.8 Å². The lowest BCUT2D eigenvalue weighted by atomic mass is 10.1. The summed E-state index contributed by atoms with van der Waals surface area (Å²) in [6, 6.07) is 10.1. The Balaban J connectivity index is 1.88. The highest BCUT2D eigenvalue weighted by Gasteiger charge is 2.15. The van der Waals surface area contributed by atoms with Crippen molar-refractivity contribution in [1.82, 2.24) is 25.1 Å². The Morgan fingerprint density at radius 2 is 2.19 bits per heavy atom. The van der Waals surface area contributed by atoms with Crippen molar-refractivity contribution in [3.05, 3.63) is 49.2 Å². The lowest BCUT2D eigenvalue weighted by Crippen LogP contribution is -2.31. The van der Waals surface area contributed by atoms with Crippen LogP contribution in [0.2, 0.25) is 0 Å². The highest BCUT2D eigenvalue weighted by Crippen LogP contribution is 2.26. The largest absolute Gasteiger partial charge is 0.353 e. The Morgan fingerprint density at radius 3 is 2.96 bits per heavy atom. The van der Waals surface area contributed by atoms with Crippen LogP contribution in [0.3, 0.4) is 0 Å². The zero-order chi connectivity index (χ0) is 18.5. The summed E-state index contributed by atoms with van der Waals surface area (Å²) in [5, 5.41) is 13.2. The van der Waals surface area contributed by atoms with Crippen molar-refractivity contribution in [2.75, 3.05) is 5.75 Å². The van der Waals surface area contributed by atoms with Gasteiger partial charge in [-0.05, 0) is 38.1 Å². The van der Waals surface area contributed by atoms with Crippen molar-refractivity contribution in [3.63, 3.8) is 0 Å². The van der Waals surface area contributed by atoms with E-state index in [-0.39, 0.29) is 11.9 Å². The smallest absolute Gasteiger partial charge is 0.230 e. The van der Waals surface area contributed by atoms with E-state index < -0.39 is 0 Å². The Labute approximate surface area is 156 Å². The Kier molecular flexibility index (Phi) is 5.68. The number of thioether (sulfide) groups is 1. The van der Waals surface area contributed by atoms with E-state index in [0.717, 1.165) is 22.3 Å². The number of benzene rings is 1. The van der Waals surface area contributed by atoms with Gasteiger partial charge in [0, 0.05) is 29.7 Å². The number of amides is 1. The fraction of sp³-hybridized carbons (Fsp3) is 0.263. The second-order valence-corrected chi connectivity index (χ2v) is 7.07. The molecule has 1 aromatic carbocycles. The first-order chi connectivity index (χ1) is 12.6. The van der Waals surface area contributed by atoms with Crippen LogP contribution in [-0.2, 0) is 11.3 Å². The summed E-state index contributed by atoms with van der Waals surface area (Å²) in [7, 11) is 0. The zero-order valence-corrected chi connectivity index (χ0v) is 15.7. The fourth-order valence-electron chi connectivity index (χ4n) is 2.61. The Morgan fingerprint density at radius 1 is 1.35 bits per heavy atom. The molecule has 0 spiro atoms. The number of pyridine rings is 1. The maximum atomic E-state index is 11.9. The number of rotatable bonds is 7. The standard InChI is InChI=1S/C19H21N5OS/c1-4-10-24-18(15-7-8-16-14(11-15)6-5-9-20-16)22-23-19(24)26-12-17(25)21-13(2)3/h4-9,11,13H,1,10,12H2,2-3H3,(H,21,25). The molecule has 1 amide bonds. The fourth-order valence-corrected chi connectivity index (χ4v) is 3.37. The molecule has 0 radical (unpaired) electrons. The third kappa shape index (κ3) is 4.11. The predicted octanol–water partition coefficient (Wildman–Crippen LogP) is 3.30. The third-order valence-electron chi connectivity index (χ3n) is 3.67. The van der Waals surface area contributed by atoms with E-state index in [1.54, 1.807) is 12.3 Å². The van der Waals surface area contributed by atoms with Crippen LogP contribution in [0.5, 0.6) is 0 Å². The number of fused-ring (bicyclic) bond motifs is 1. The maximum Gasteiger partial charge on any atom is 0.230 e. The molecule has 134 valence electrons. The SMILES string of the molecule is C=CCn1c(SCC(=O)NC(C)C)nnc1-c1ccc2ncccc2c1. The number of nitrogens with one attached hydrogen (secondary N) is 1. The highest BCUT2D eigenvalue weighted by atomic mass is 32.2. The normalized spacial score (nSPS) is 11.0. The zero-order valence-electron chi connectivity index (χ0n) is 14.8. The molecule has 0 saturated carbocycles. The van der Waals surface area contributed by atoms with E-state index in [0.29, 0.717) is 17.5 Å². The molecule has 0 aliphatic rings. The number of hydrogen-bond acceptors (Lipinski definition) is 5. The molecule has 1 N–H and O–H groups in total. The monoisotopic (exact) mass is 367 g/mol. The molecule has 6 nitrogen and oxygen atoms in total. The van der Waals surface area contributed by atoms with Crippen LogP contribution >= 0.6 is 11.8 Å². The summed E-state index contributed by atoms with van der Waals surface area (Å²) < 4.78 is 1.97. The number of carbonyl (C=O) groups excluding carboxylic acids is 1. The van der Waals surface area contributed by atoms with Crippen molar-refractivity contribution >= 4 is 28.6 Å². The molecule has 3 aromatic rings. The van der Waals surface area contributed by atoms with Crippen LogP contribution in [0.25, 0.3) is 22.3 Å². The van der Waals surface area contributed by atoms with Gasteiger partial charge in [0.2, 0.25) is 5.91 Å². The maximum absolute atomic E-state index is 11.9. The minimum atomic E-state index is -0.0171. The molecule has 0 unspecified atom stereocenters. The second-order valence-electron chi connectivity index (χ2n) is 6.13. The Hall–Kier alpha value is -2.67. The molecule has 0 aliphatic heterocycles. The second kappa shape index (κ2) is 8.14. The van der Waals surface area contributed by atoms with E-state index in [1.165, 1.54) is 11.8 Å². The minimum Gasteiger partial charge on any atom is -0.353 e. The van der Waals surface area contributed by atoms with Crippen LogP contribution in [0, 0.1) is 0 Å². The van der Waals surface area contributed by atoms with E-state index in [2.05, 4.69) is 27.1 Å². The van der Waals surface area contributed by atoms with Crippen LogP contribution in [-0.4, -0.2) is 37.5 Å². The average Bonchev–Trinajstić information content (AvgIpc) is 3.02. The molecule has 0 fully saturated rings. The van der Waals surface area contributed by atoms with Gasteiger partial charge in [-0.1, -0.05) is 23.9 Å². The Bertz CT molecular complexity index is 935. The third-order valence-corrected chi connectivity index (χ3v) is 4.64. The number of aromatic nitrogens is 4. The van der Waals surface area contributed by atoms with Crippen molar-refractivity contribution in [1.29, 1.82) is 0 Å². The minimum absolute atomic E-state index is 0.0171. The van der Waals surface area contributed by atoms with Crippen molar-refractivity contribution in [3.8, 4) is 11.4 Å². The van der Waals surface area contributed by atoms with E-state index >= 15 is 0 Å². The molecular weight excluding hydrogens is 346 g/mol. The molecular formula is C19H21N5OS. The van der Waals surface area contributed by atoms with Crippen LogP contribution in [0.4, 0.5) is 0 Å². The van der Waals surface area contributed by atoms with Crippen LogP contribution in [0.1, 0.15) is 13.8 Å². The quantitative estimate of drug-likeness (QED) is 0.512. The lowest BCUT2D eigenvalue weighted by Gasteiger charge is -2.10. The number of allylic oxidation sites excluding steroid dienone is 1. The molecule has 0 atom stereocenters. The first kappa shape index (κ1) is 18.1. The van der Waals surface area contributed by atoms with Crippen molar-refractivity contribution in [2.45, 2.75) is 31.6 Å². The van der Waals surface area contributed by atoms with Gasteiger partial charge in [-0.3, -0.25) is 14.3 Å². The molecule has 3 rings (SSSR count). The van der Waals surface area contributed by atoms with Gasteiger partial charge in [0.25, 0.3) is 0 Å². The van der Waals surface area contributed by atoms with Crippen molar-refractivity contribution in [2.24, 2.45) is 0 Å². The van der Waals surface area contributed by atoms with Gasteiger partial charge in [0.1, 0.15) is 0 Å². The van der Waals surface area contributed by atoms with Gasteiger partial charge in [0.05, 0.1) is 11.3 Å². The highest BCUT2D eigenvalue weighted by molar-refractivity contribution is 7.99. The average molecular weight is 367 g/mol. The summed E-state index contributed by atoms with van der Waals surface area (Å²) in [4.78, 5) is 16.2. The van der Waals surface area contributed by atoms with Gasteiger partial charge in [-0.2, -0.15) is 0 Å². The summed E-state index contributed by atoms with van der Waals surface area (Å²) in [6.07, 6.45) is 3.58. The summed E-state index contributed by atoms with van der Waals surface area (Å²) in [5.41, 5.74) is 1.89. The van der Waals surface area contributed by atoms with E-state index in [1.807, 2.05) is 48.7 Å². The van der Waals surface area contributed by atoms with Crippen LogP contribution in [0.15, 0.2) is 54.3 Å². The van der Waals surface area contributed by atoms with Gasteiger partial charge in [0.15, 0.2) is 11.0 Å². The van der Waals surface area contributed by atoms with E-state index in [9.17, 15) is 4.79 Å². The molecule has 7 heteroatoms. The van der Waals surface area contributed by atoms with Gasteiger partial charge >= 0.3 is 0 Å². The molecule has 26 heavy (non-hydrogen) atoms. The van der Waals surface area contributed by atoms with Crippen molar-refractivity contribution < 1.29 is 4.79 Å².